The summed E-state index contributed by atoms with van der Waals surface area (Å²) in [5, 5.41) is 21.8. The smallest absolute Gasteiger partial charge is 0.270 e. The van der Waals surface area contributed by atoms with Gasteiger partial charge in [-0.2, -0.15) is 0 Å². The van der Waals surface area contributed by atoms with Crippen molar-refractivity contribution >= 4 is 74.4 Å². The quantitative estimate of drug-likeness (QED) is 0.218. The third kappa shape index (κ3) is 2.63. The van der Waals surface area contributed by atoms with E-state index >= 15 is 0 Å². The monoisotopic (exact) mass is 466 g/mol. The molecule has 1 aromatic heterocycles. The fraction of sp³-hybridized carbons (Fsp3) is 0. The Bertz CT molecular complexity index is 1790. The maximum absolute atomic E-state index is 13.0. The van der Waals surface area contributed by atoms with Crippen molar-refractivity contribution in [2.75, 3.05) is 0 Å². The number of nitro benzene ring substituents is 2. The summed E-state index contributed by atoms with van der Waals surface area (Å²) in [5.41, 5.74) is -3.23. The normalized spacial score (nSPS) is 11.5. The zero-order valence-electron chi connectivity index (χ0n) is 15.4. The van der Waals surface area contributed by atoms with Gasteiger partial charge in [0.05, 0.1) is 28.6 Å². The molecule has 0 atom stereocenters. The van der Waals surface area contributed by atoms with E-state index in [-0.39, 0.29) is 51.7 Å². The predicted molar refractivity (Wildman–Crippen MR) is 122 cm³/mol. The van der Waals surface area contributed by atoms with E-state index in [2.05, 4.69) is 0 Å². The fourth-order valence-electron chi connectivity index (χ4n) is 3.54. The topological polar surface area (TPSA) is 155 Å². The van der Waals surface area contributed by atoms with Crippen LogP contribution < -0.4 is 21.7 Å². The Morgan fingerprint density at radius 1 is 0.531 bits per heavy atom. The van der Waals surface area contributed by atoms with Gasteiger partial charge < -0.3 is 0 Å². The van der Waals surface area contributed by atoms with E-state index in [9.17, 15) is 39.4 Å². The Hall–Kier alpha value is -4.16. The number of nitrogens with zero attached hydrogens (tertiary/aromatic N) is 2. The molecule has 0 N–H and O–H groups in total. The van der Waals surface area contributed by atoms with Crippen LogP contribution in [0.4, 0.5) is 11.4 Å². The summed E-state index contributed by atoms with van der Waals surface area (Å²) in [6.07, 6.45) is 0. The molecule has 0 radical (unpaired) electrons. The molecule has 32 heavy (non-hydrogen) atoms. The zero-order valence-corrected chi connectivity index (χ0v) is 17.1. The first kappa shape index (κ1) is 19.8. The molecule has 4 aromatic carbocycles. The first-order chi connectivity index (χ1) is 15.2. The molecule has 156 valence electrons. The van der Waals surface area contributed by atoms with E-state index in [1.807, 2.05) is 0 Å². The van der Waals surface area contributed by atoms with Gasteiger partial charge in [-0.05, 0) is 12.1 Å². The van der Waals surface area contributed by atoms with Crippen LogP contribution in [0.1, 0.15) is 0 Å². The highest BCUT2D eigenvalue weighted by atomic mass is 32.1. The standard InChI is InChI=1S/C20H6N2O8S2/c23-13-9-3-1-7(21(27)28)5-11(9)15(25)19-17(13)31-20-16(26)12-6-8(22(29)30)2-4-10(12)14(24)18(20)32-19/h1-6H. The molecule has 1 heterocycles. The minimum absolute atomic E-state index is 0.0397. The summed E-state index contributed by atoms with van der Waals surface area (Å²) < 4.78 is -0.290. The van der Waals surface area contributed by atoms with Crippen molar-refractivity contribution in [2.24, 2.45) is 0 Å². The number of fused-ring (bicyclic) bond motifs is 4. The molecule has 5 aromatic rings. The highest BCUT2D eigenvalue weighted by Gasteiger charge is 2.20. The molecule has 0 spiro atoms. The fourth-order valence-corrected chi connectivity index (χ4v) is 6.00. The van der Waals surface area contributed by atoms with Crippen molar-refractivity contribution in [1.82, 2.24) is 0 Å². The third-order valence-electron chi connectivity index (χ3n) is 5.05. The van der Waals surface area contributed by atoms with Gasteiger partial charge in [0.1, 0.15) is 0 Å². The predicted octanol–water partition coefficient (Wildman–Crippen LogP) is 3.12. The van der Waals surface area contributed by atoms with Crippen LogP contribution in [0.5, 0.6) is 0 Å². The van der Waals surface area contributed by atoms with Gasteiger partial charge in [0.25, 0.3) is 11.4 Å². The van der Waals surface area contributed by atoms with Gasteiger partial charge >= 0.3 is 0 Å². The van der Waals surface area contributed by atoms with Gasteiger partial charge in [-0.3, -0.25) is 39.4 Å². The number of non-ortho nitro benzene ring substituents is 2. The summed E-state index contributed by atoms with van der Waals surface area (Å²) >= 11 is 1.34. The van der Waals surface area contributed by atoms with E-state index < -0.39 is 31.6 Å². The molecule has 12 heteroatoms. The van der Waals surface area contributed by atoms with Gasteiger partial charge in [0.15, 0.2) is 0 Å². The van der Waals surface area contributed by atoms with E-state index in [0.29, 0.717) is 22.7 Å². The van der Waals surface area contributed by atoms with Crippen molar-refractivity contribution in [3.05, 3.63) is 97.5 Å². The van der Waals surface area contributed by atoms with Crippen molar-refractivity contribution in [3.8, 4) is 0 Å². The summed E-state index contributed by atoms with van der Waals surface area (Å²) in [5.74, 6) is 0. The molecule has 0 amide bonds. The third-order valence-corrected chi connectivity index (χ3v) is 7.69. The maximum atomic E-state index is 13.0. The maximum Gasteiger partial charge on any atom is 0.270 e. The van der Waals surface area contributed by atoms with E-state index in [0.717, 1.165) is 24.3 Å². The lowest BCUT2D eigenvalue weighted by atomic mass is 10.1. The van der Waals surface area contributed by atoms with Gasteiger partial charge in [-0.15, -0.1) is 22.7 Å². The Kier molecular flexibility index (Phi) is 4.12. The number of hydrogen-bond acceptors (Lipinski definition) is 10. The lowest BCUT2D eigenvalue weighted by Gasteiger charge is -2.04. The van der Waals surface area contributed by atoms with Gasteiger partial charge in [0.2, 0.25) is 21.7 Å². The SMILES string of the molecule is O=c1c2ccc([N+](=O)[O-])cc2c(=O)c2sc3c(=O)c4ccc([N+](=O)[O-])cc4c(=O)c3sc12. The Labute approximate surface area is 181 Å². The van der Waals surface area contributed by atoms with Crippen LogP contribution >= 0.6 is 22.7 Å². The molecular weight excluding hydrogens is 460 g/mol. The van der Waals surface area contributed by atoms with Crippen LogP contribution in [0.25, 0.3) is 40.3 Å². The Morgan fingerprint density at radius 3 is 1.16 bits per heavy atom. The molecule has 5 rings (SSSR count). The molecule has 0 aliphatic heterocycles. The first-order valence-corrected chi connectivity index (χ1v) is 10.4. The van der Waals surface area contributed by atoms with Crippen LogP contribution in [-0.2, 0) is 0 Å². The zero-order chi connectivity index (χ0) is 22.9. The highest BCUT2D eigenvalue weighted by molar-refractivity contribution is 7.36. The van der Waals surface area contributed by atoms with Crippen LogP contribution in [0.2, 0.25) is 0 Å². The second-order valence-electron chi connectivity index (χ2n) is 6.81. The summed E-state index contributed by atoms with van der Waals surface area (Å²) in [6, 6.07) is 6.59. The number of hydrogen-bond donors (Lipinski definition) is 0. The second kappa shape index (κ2) is 6.67. The molecule has 0 aliphatic rings. The van der Waals surface area contributed by atoms with Gasteiger partial charge in [0, 0.05) is 45.8 Å². The van der Waals surface area contributed by atoms with Crippen molar-refractivity contribution < 1.29 is 9.85 Å². The lowest BCUT2D eigenvalue weighted by molar-refractivity contribution is -0.384. The molecule has 0 saturated carbocycles. The number of benzene rings is 4. The van der Waals surface area contributed by atoms with E-state index in [1.54, 1.807) is 0 Å². The number of rotatable bonds is 2. The van der Waals surface area contributed by atoms with E-state index in [1.165, 1.54) is 12.1 Å². The molecular formula is C20H6N2O8S2. The highest BCUT2D eigenvalue weighted by Crippen LogP contribution is 2.30. The van der Waals surface area contributed by atoms with Crippen LogP contribution in [-0.4, -0.2) is 9.85 Å². The molecule has 0 saturated heterocycles. The molecule has 0 bridgehead atoms. The average Bonchev–Trinajstić information content (AvgIpc) is 2.79. The van der Waals surface area contributed by atoms with Gasteiger partial charge in [-0.1, -0.05) is 0 Å². The van der Waals surface area contributed by atoms with E-state index in [4.69, 9.17) is 0 Å². The van der Waals surface area contributed by atoms with Crippen molar-refractivity contribution in [3.63, 3.8) is 0 Å². The average molecular weight is 466 g/mol. The summed E-state index contributed by atoms with van der Waals surface area (Å²) in [7, 11) is 0. The van der Waals surface area contributed by atoms with Crippen LogP contribution in [0.15, 0.2) is 55.6 Å². The Morgan fingerprint density at radius 2 is 0.844 bits per heavy atom. The minimum Gasteiger partial charge on any atom is -0.288 e. The first-order valence-electron chi connectivity index (χ1n) is 8.79. The summed E-state index contributed by atoms with van der Waals surface area (Å²) in [6.45, 7) is 0. The largest absolute Gasteiger partial charge is 0.288 e. The molecule has 0 unspecified atom stereocenters. The number of nitro groups is 2. The van der Waals surface area contributed by atoms with Crippen molar-refractivity contribution in [1.29, 1.82) is 0 Å². The minimum atomic E-state index is -0.690. The molecule has 10 nitrogen and oxygen atoms in total. The second-order valence-corrected chi connectivity index (χ2v) is 8.85. The van der Waals surface area contributed by atoms with Gasteiger partial charge in [-0.25, -0.2) is 0 Å². The molecule has 0 aliphatic carbocycles. The lowest BCUT2D eigenvalue weighted by Crippen LogP contribution is -2.15. The summed E-state index contributed by atoms with van der Waals surface area (Å²) in [4.78, 5) is 72.8. The van der Waals surface area contributed by atoms with Crippen LogP contribution in [0, 0.1) is 20.2 Å². The van der Waals surface area contributed by atoms with Crippen LogP contribution in [0.3, 0.4) is 0 Å². The Balaban J connectivity index is 2.01. The van der Waals surface area contributed by atoms with Crippen molar-refractivity contribution in [2.45, 2.75) is 0 Å². The molecule has 0 fully saturated rings.